The third kappa shape index (κ3) is 57.7. The Morgan fingerprint density at radius 2 is 0.676 bits per heavy atom. The molecule has 0 aliphatic rings. The van der Waals surface area contributed by atoms with E-state index in [1.807, 2.05) is 0 Å². The molecule has 0 aliphatic heterocycles. The Bertz CT molecular complexity index is 1060. The van der Waals surface area contributed by atoms with E-state index in [-0.39, 0.29) is 18.5 Å². The molecule has 0 rings (SSSR count). The number of esters is 1. The average Bonchev–Trinajstić information content (AvgIpc) is 3.37. The lowest BCUT2D eigenvalue weighted by Gasteiger charge is -2.22. The first-order valence-corrected chi connectivity index (χ1v) is 32.4. The summed E-state index contributed by atoms with van der Waals surface area (Å²) in [6.45, 7) is 4.95. The zero-order valence-corrected chi connectivity index (χ0v) is 48.2. The van der Waals surface area contributed by atoms with Crippen molar-refractivity contribution in [3.63, 3.8) is 0 Å². The van der Waals surface area contributed by atoms with Crippen LogP contribution in [0.4, 0.5) is 0 Å². The molecule has 0 aromatic rings. The van der Waals surface area contributed by atoms with Crippen LogP contribution in [0.3, 0.4) is 0 Å². The lowest BCUT2D eigenvalue weighted by atomic mass is 10.0. The molecule has 0 bridgehead atoms. The number of unbranched alkanes of at least 4 members (excludes halogenated alkanes) is 48. The van der Waals surface area contributed by atoms with Crippen molar-refractivity contribution in [3.8, 4) is 0 Å². The van der Waals surface area contributed by atoms with Gasteiger partial charge in [-0.05, 0) is 44.9 Å². The van der Waals surface area contributed by atoms with Gasteiger partial charge in [0.2, 0.25) is 5.91 Å². The minimum Gasteiger partial charge on any atom is -0.466 e. The third-order valence-corrected chi connectivity index (χ3v) is 15.3. The van der Waals surface area contributed by atoms with E-state index in [0.717, 1.165) is 44.9 Å². The molecule has 0 aromatic carbocycles. The zero-order valence-electron chi connectivity index (χ0n) is 48.2. The quantitative estimate of drug-likeness (QED) is 0.0320. The first-order valence-electron chi connectivity index (χ1n) is 32.4. The van der Waals surface area contributed by atoms with Gasteiger partial charge in [-0.25, -0.2) is 0 Å². The smallest absolute Gasteiger partial charge is 0.305 e. The number of amides is 1. The summed E-state index contributed by atoms with van der Waals surface area (Å²) in [6.07, 6.45) is 73.8. The van der Waals surface area contributed by atoms with Crippen LogP contribution in [0.2, 0.25) is 0 Å². The molecule has 3 N–H and O–H groups in total. The van der Waals surface area contributed by atoms with Crippen LogP contribution < -0.4 is 5.32 Å². The van der Waals surface area contributed by atoms with Crippen LogP contribution in [0.15, 0.2) is 12.2 Å². The lowest BCUT2D eigenvalue weighted by molar-refractivity contribution is -0.143. The number of aliphatic hydroxyl groups excluding tert-OH is 2. The van der Waals surface area contributed by atoms with E-state index in [1.165, 1.54) is 289 Å². The highest BCUT2D eigenvalue weighted by molar-refractivity contribution is 5.76. The Hall–Kier alpha value is -1.40. The van der Waals surface area contributed by atoms with Crippen LogP contribution in [0.1, 0.15) is 367 Å². The Balaban J connectivity index is 3.37. The fourth-order valence-electron chi connectivity index (χ4n) is 10.3. The maximum Gasteiger partial charge on any atom is 0.305 e. The SMILES string of the molecule is CCCC/C=C\CCCCCCCC(=O)OCCCCCCCCCCCCCCCCCCCCCCCCCCC(=O)NC(CO)C(O)CCCCCCCCCCCCCCCCCCCCC. The molecule has 6 heteroatoms. The number of aliphatic hydroxyl groups is 2. The maximum atomic E-state index is 12.5. The van der Waals surface area contributed by atoms with Gasteiger partial charge in [-0.2, -0.15) is 0 Å². The summed E-state index contributed by atoms with van der Waals surface area (Å²) >= 11 is 0. The number of nitrogens with one attached hydrogen (secondary N) is 1. The first kappa shape index (κ1) is 69.6. The highest BCUT2D eigenvalue weighted by atomic mass is 16.5. The summed E-state index contributed by atoms with van der Waals surface area (Å²) in [7, 11) is 0. The van der Waals surface area contributed by atoms with Crippen molar-refractivity contribution in [2.45, 2.75) is 379 Å². The van der Waals surface area contributed by atoms with Gasteiger partial charge >= 0.3 is 5.97 Å². The van der Waals surface area contributed by atoms with Gasteiger partial charge in [0.25, 0.3) is 0 Å². The van der Waals surface area contributed by atoms with Crippen molar-refractivity contribution in [2.75, 3.05) is 13.2 Å². The molecule has 6 nitrogen and oxygen atoms in total. The van der Waals surface area contributed by atoms with Gasteiger partial charge in [0.05, 0.1) is 25.4 Å². The van der Waals surface area contributed by atoms with Crippen molar-refractivity contribution in [3.05, 3.63) is 12.2 Å². The molecule has 1 amide bonds. The second-order valence-corrected chi connectivity index (χ2v) is 22.5. The average molecular weight is 1000 g/mol. The fourth-order valence-corrected chi connectivity index (χ4v) is 10.3. The number of hydrogen-bond acceptors (Lipinski definition) is 5. The summed E-state index contributed by atoms with van der Waals surface area (Å²) in [4.78, 5) is 24.5. The molecule has 0 spiro atoms. The molecule has 0 aliphatic carbocycles. The third-order valence-electron chi connectivity index (χ3n) is 15.3. The molecule has 422 valence electrons. The Morgan fingerprint density at radius 1 is 0.380 bits per heavy atom. The Kier molecular flexibility index (Phi) is 59.9. The van der Waals surface area contributed by atoms with E-state index in [4.69, 9.17) is 4.74 Å². The molecule has 2 atom stereocenters. The van der Waals surface area contributed by atoms with E-state index < -0.39 is 12.1 Å². The first-order chi connectivity index (χ1) is 35.0. The predicted molar refractivity (Wildman–Crippen MR) is 310 cm³/mol. The van der Waals surface area contributed by atoms with Crippen LogP contribution in [0.5, 0.6) is 0 Å². The molecule has 0 saturated carbocycles. The highest BCUT2D eigenvalue weighted by Gasteiger charge is 2.20. The van der Waals surface area contributed by atoms with E-state index in [1.54, 1.807) is 0 Å². The summed E-state index contributed by atoms with van der Waals surface area (Å²) in [5.74, 6) is -0.0248. The number of allylic oxidation sites excluding steroid dienone is 2. The summed E-state index contributed by atoms with van der Waals surface area (Å²) in [6, 6.07) is -0.540. The van der Waals surface area contributed by atoms with E-state index in [0.29, 0.717) is 25.9 Å². The zero-order chi connectivity index (χ0) is 51.4. The minimum atomic E-state index is -0.663. The largest absolute Gasteiger partial charge is 0.466 e. The van der Waals surface area contributed by atoms with Crippen molar-refractivity contribution in [1.82, 2.24) is 5.32 Å². The second-order valence-electron chi connectivity index (χ2n) is 22.5. The van der Waals surface area contributed by atoms with Gasteiger partial charge in [0, 0.05) is 12.8 Å². The Labute approximate surface area is 444 Å². The van der Waals surface area contributed by atoms with Crippen LogP contribution in [0, 0.1) is 0 Å². The second kappa shape index (κ2) is 61.1. The highest BCUT2D eigenvalue weighted by Crippen LogP contribution is 2.19. The van der Waals surface area contributed by atoms with Crippen LogP contribution in [-0.4, -0.2) is 47.4 Å². The molecule has 0 aromatic heterocycles. The molecule has 2 unspecified atom stereocenters. The van der Waals surface area contributed by atoms with E-state index in [2.05, 4.69) is 31.3 Å². The van der Waals surface area contributed by atoms with Gasteiger partial charge in [0.15, 0.2) is 0 Å². The molecule has 0 saturated heterocycles. The molecular formula is C65H127NO5. The van der Waals surface area contributed by atoms with Crippen LogP contribution in [-0.2, 0) is 14.3 Å². The summed E-state index contributed by atoms with van der Waals surface area (Å²) < 4.78 is 5.46. The van der Waals surface area contributed by atoms with Gasteiger partial charge in [0.1, 0.15) is 0 Å². The van der Waals surface area contributed by atoms with Crippen molar-refractivity contribution in [1.29, 1.82) is 0 Å². The molecule has 0 radical (unpaired) electrons. The molecule has 0 fully saturated rings. The monoisotopic (exact) mass is 1000 g/mol. The number of rotatable bonds is 61. The topological polar surface area (TPSA) is 95.9 Å². The summed E-state index contributed by atoms with van der Waals surface area (Å²) in [5.41, 5.74) is 0. The number of carbonyl (C=O) groups is 2. The van der Waals surface area contributed by atoms with Gasteiger partial charge in [-0.3, -0.25) is 9.59 Å². The Morgan fingerprint density at radius 3 is 1.04 bits per heavy atom. The molecule has 0 heterocycles. The van der Waals surface area contributed by atoms with Gasteiger partial charge in [-0.1, -0.05) is 321 Å². The van der Waals surface area contributed by atoms with Gasteiger partial charge < -0.3 is 20.3 Å². The summed E-state index contributed by atoms with van der Waals surface area (Å²) in [5, 5.41) is 23.4. The van der Waals surface area contributed by atoms with E-state index >= 15 is 0 Å². The van der Waals surface area contributed by atoms with Crippen molar-refractivity contribution in [2.24, 2.45) is 0 Å². The van der Waals surface area contributed by atoms with E-state index in [9.17, 15) is 19.8 Å². The minimum absolute atomic E-state index is 0.00511. The number of hydrogen-bond donors (Lipinski definition) is 3. The molecular weight excluding hydrogens is 875 g/mol. The number of ether oxygens (including phenoxy) is 1. The van der Waals surface area contributed by atoms with Crippen molar-refractivity contribution >= 4 is 11.9 Å². The standard InChI is InChI=1S/C65H127NO5/c1-3-5-7-9-11-13-15-16-17-18-25-28-31-34-38-41-45-49-53-57-63(68)62(61-67)66-64(69)58-54-50-46-42-39-35-32-29-26-23-21-19-20-22-24-27-30-33-36-40-44-48-52-56-60-71-65(70)59-55-51-47-43-37-14-12-10-8-6-4-2/h10,12,62-63,67-68H,3-9,11,13-61H2,1-2H3,(H,66,69)/b12-10-. The van der Waals surface area contributed by atoms with Crippen molar-refractivity contribution < 1.29 is 24.5 Å². The number of carbonyl (C=O) groups excluding carboxylic acids is 2. The normalized spacial score (nSPS) is 12.6. The lowest BCUT2D eigenvalue weighted by Crippen LogP contribution is -2.45. The predicted octanol–water partition coefficient (Wildman–Crippen LogP) is 20.4. The van der Waals surface area contributed by atoms with Crippen LogP contribution >= 0.6 is 0 Å². The van der Waals surface area contributed by atoms with Crippen LogP contribution in [0.25, 0.3) is 0 Å². The molecule has 71 heavy (non-hydrogen) atoms. The van der Waals surface area contributed by atoms with Gasteiger partial charge in [-0.15, -0.1) is 0 Å². The maximum absolute atomic E-state index is 12.5. The fraction of sp³-hybridized carbons (Fsp3) is 0.938.